The first-order valence-electron chi connectivity index (χ1n) is 7.21. The maximum Gasteiger partial charge on any atom is 0.253 e. The zero-order valence-electron chi connectivity index (χ0n) is 12.4. The van der Waals surface area contributed by atoms with E-state index >= 15 is 0 Å². The first-order valence-corrected chi connectivity index (χ1v) is 7.96. The number of morpholine rings is 1. The molecule has 0 aromatic heterocycles. The van der Waals surface area contributed by atoms with E-state index in [9.17, 15) is 9.90 Å². The molecule has 2 N–H and O–H groups in total. The lowest BCUT2D eigenvalue weighted by atomic mass is 10.1. The lowest BCUT2D eigenvalue weighted by Crippen LogP contribution is -2.47. The summed E-state index contributed by atoms with van der Waals surface area (Å²) in [5.74, 6) is -0.460. The lowest BCUT2D eigenvalue weighted by molar-refractivity contribution is -0.129. The second kappa shape index (κ2) is 8.13. The number of halogens is 2. The number of nitrogens with one attached hydrogen (secondary N) is 1. The zero-order valence-corrected chi connectivity index (χ0v) is 13.9. The molecule has 0 aliphatic carbocycles. The Kier molecular flexibility index (Phi) is 6.47. The number of ether oxygens (including phenoxy) is 1. The summed E-state index contributed by atoms with van der Waals surface area (Å²) in [6.45, 7) is 5.62. The van der Waals surface area contributed by atoms with Gasteiger partial charge in [0.1, 0.15) is 0 Å². The van der Waals surface area contributed by atoms with Crippen LogP contribution in [0.2, 0.25) is 10.0 Å². The van der Waals surface area contributed by atoms with E-state index in [4.69, 9.17) is 27.9 Å². The highest BCUT2D eigenvalue weighted by molar-refractivity contribution is 6.34. The van der Waals surface area contributed by atoms with E-state index in [0.29, 0.717) is 35.4 Å². The average Bonchev–Trinajstić information content (AvgIpc) is 2.51. The second-order valence-electron chi connectivity index (χ2n) is 5.35. The van der Waals surface area contributed by atoms with Crippen LogP contribution in [0.25, 0.3) is 0 Å². The predicted molar refractivity (Wildman–Crippen MR) is 86.3 cm³/mol. The Labute approximate surface area is 140 Å². The van der Waals surface area contributed by atoms with Gasteiger partial charge >= 0.3 is 0 Å². The number of aliphatic hydroxyl groups excluding tert-OH is 1. The minimum absolute atomic E-state index is 0.183. The topological polar surface area (TPSA) is 61.8 Å². The Morgan fingerprint density at radius 3 is 2.50 bits per heavy atom. The number of aliphatic hydroxyl groups is 1. The van der Waals surface area contributed by atoms with Crippen molar-refractivity contribution in [2.45, 2.75) is 19.1 Å². The van der Waals surface area contributed by atoms with Crippen molar-refractivity contribution in [3.8, 4) is 0 Å². The van der Waals surface area contributed by atoms with Gasteiger partial charge in [-0.15, -0.1) is 0 Å². The SMILES string of the molecule is CC(CNC(=O)C(O)c1cc(Cl)cc(Cl)c1)N1CCOCC1. The maximum atomic E-state index is 12.1. The van der Waals surface area contributed by atoms with Gasteiger partial charge in [0.25, 0.3) is 5.91 Å². The van der Waals surface area contributed by atoms with Crippen LogP contribution in [0.15, 0.2) is 18.2 Å². The van der Waals surface area contributed by atoms with Crippen LogP contribution < -0.4 is 5.32 Å². The zero-order chi connectivity index (χ0) is 16.1. The number of hydrogen-bond donors (Lipinski definition) is 2. The number of nitrogens with zero attached hydrogens (tertiary/aromatic N) is 1. The van der Waals surface area contributed by atoms with E-state index in [2.05, 4.69) is 10.2 Å². The van der Waals surface area contributed by atoms with Crippen molar-refractivity contribution in [3.63, 3.8) is 0 Å². The maximum absolute atomic E-state index is 12.1. The molecule has 122 valence electrons. The molecular weight excluding hydrogens is 327 g/mol. The van der Waals surface area contributed by atoms with Gasteiger partial charge < -0.3 is 15.2 Å². The first kappa shape index (κ1) is 17.5. The first-order chi connectivity index (χ1) is 10.5. The molecule has 1 aliphatic heterocycles. The van der Waals surface area contributed by atoms with Crippen LogP contribution in [0, 0.1) is 0 Å². The van der Waals surface area contributed by atoms with Crippen molar-refractivity contribution in [1.29, 1.82) is 0 Å². The summed E-state index contributed by atoms with van der Waals surface area (Å²) < 4.78 is 5.30. The van der Waals surface area contributed by atoms with Crippen LogP contribution in [0.5, 0.6) is 0 Å². The smallest absolute Gasteiger partial charge is 0.253 e. The van der Waals surface area contributed by atoms with E-state index in [1.807, 2.05) is 6.92 Å². The fourth-order valence-electron chi connectivity index (χ4n) is 2.38. The number of rotatable bonds is 5. The van der Waals surface area contributed by atoms with Gasteiger partial charge in [-0.05, 0) is 30.7 Å². The van der Waals surface area contributed by atoms with Gasteiger partial charge in [0.15, 0.2) is 6.10 Å². The molecule has 0 saturated carbocycles. The highest BCUT2D eigenvalue weighted by Crippen LogP contribution is 2.23. The molecule has 1 fully saturated rings. The molecule has 2 atom stereocenters. The summed E-state index contributed by atoms with van der Waals surface area (Å²) in [6.07, 6.45) is -1.28. The number of hydrogen-bond acceptors (Lipinski definition) is 4. The van der Waals surface area contributed by atoms with Crippen molar-refractivity contribution in [1.82, 2.24) is 10.2 Å². The molecule has 0 spiro atoms. The van der Waals surface area contributed by atoms with Gasteiger partial charge in [0.05, 0.1) is 13.2 Å². The molecule has 1 aliphatic rings. The van der Waals surface area contributed by atoms with Crippen molar-refractivity contribution >= 4 is 29.1 Å². The number of benzene rings is 1. The third-order valence-electron chi connectivity index (χ3n) is 3.69. The number of carbonyl (C=O) groups is 1. The van der Waals surface area contributed by atoms with Gasteiger partial charge in [-0.3, -0.25) is 9.69 Å². The van der Waals surface area contributed by atoms with Gasteiger partial charge in [-0.2, -0.15) is 0 Å². The van der Waals surface area contributed by atoms with E-state index in [-0.39, 0.29) is 6.04 Å². The molecular formula is C15H20Cl2N2O3. The fraction of sp³-hybridized carbons (Fsp3) is 0.533. The van der Waals surface area contributed by atoms with E-state index in [0.717, 1.165) is 13.1 Å². The normalized spacial score (nSPS) is 18.7. The number of carbonyl (C=O) groups excluding carboxylic acids is 1. The molecule has 1 aromatic rings. The van der Waals surface area contributed by atoms with Gasteiger partial charge in [-0.25, -0.2) is 0 Å². The van der Waals surface area contributed by atoms with Crippen molar-refractivity contribution in [3.05, 3.63) is 33.8 Å². The van der Waals surface area contributed by atoms with Crippen LogP contribution in [-0.4, -0.2) is 54.8 Å². The minimum Gasteiger partial charge on any atom is -0.379 e. The predicted octanol–water partition coefficient (Wildman–Crippen LogP) is 1.86. The quantitative estimate of drug-likeness (QED) is 0.854. The molecule has 7 heteroatoms. The van der Waals surface area contributed by atoms with Gasteiger partial charge in [-0.1, -0.05) is 23.2 Å². The third kappa shape index (κ3) is 4.83. The van der Waals surface area contributed by atoms with E-state index in [1.54, 1.807) is 6.07 Å². The van der Waals surface area contributed by atoms with Crippen molar-refractivity contribution in [2.24, 2.45) is 0 Å². The molecule has 0 radical (unpaired) electrons. The summed E-state index contributed by atoms with van der Waals surface area (Å²) in [4.78, 5) is 14.3. The van der Waals surface area contributed by atoms with E-state index in [1.165, 1.54) is 12.1 Å². The lowest BCUT2D eigenvalue weighted by Gasteiger charge is -2.32. The Morgan fingerprint density at radius 1 is 1.32 bits per heavy atom. The Balaban J connectivity index is 1.88. The van der Waals surface area contributed by atoms with Gasteiger partial charge in [0, 0.05) is 35.7 Å². The van der Waals surface area contributed by atoms with Crippen LogP contribution in [0.1, 0.15) is 18.6 Å². The molecule has 1 heterocycles. The summed E-state index contributed by atoms with van der Waals surface area (Å²) in [5.41, 5.74) is 0.383. The standard InChI is InChI=1S/C15H20Cl2N2O3/c1-10(19-2-4-22-5-3-19)9-18-15(21)14(20)11-6-12(16)8-13(17)7-11/h6-8,10,14,20H,2-5,9H2,1H3,(H,18,21). The molecule has 0 bridgehead atoms. The van der Waals surface area contributed by atoms with E-state index < -0.39 is 12.0 Å². The Morgan fingerprint density at radius 2 is 1.91 bits per heavy atom. The highest BCUT2D eigenvalue weighted by Gasteiger charge is 2.21. The molecule has 22 heavy (non-hydrogen) atoms. The van der Waals surface area contributed by atoms with Crippen LogP contribution in [-0.2, 0) is 9.53 Å². The molecule has 2 rings (SSSR count). The highest BCUT2D eigenvalue weighted by atomic mass is 35.5. The van der Waals surface area contributed by atoms with Crippen LogP contribution >= 0.6 is 23.2 Å². The number of amides is 1. The molecule has 1 saturated heterocycles. The summed E-state index contributed by atoms with van der Waals surface area (Å²) in [5, 5.41) is 13.6. The molecule has 5 nitrogen and oxygen atoms in total. The largest absolute Gasteiger partial charge is 0.379 e. The van der Waals surface area contributed by atoms with Crippen molar-refractivity contribution < 1.29 is 14.6 Å². The fourth-order valence-corrected chi connectivity index (χ4v) is 2.92. The van der Waals surface area contributed by atoms with Crippen LogP contribution in [0.3, 0.4) is 0 Å². The summed E-state index contributed by atoms with van der Waals surface area (Å²) in [7, 11) is 0. The molecule has 1 amide bonds. The molecule has 2 unspecified atom stereocenters. The van der Waals surface area contributed by atoms with Crippen LogP contribution in [0.4, 0.5) is 0 Å². The van der Waals surface area contributed by atoms with Gasteiger partial charge in [0.2, 0.25) is 0 Å². The van der Waals surface area contributed by atoms with Crippen molar-refractivity contribution in [2.75, 3.05) is 32.8 Å². The second-order valence-corrected chi connectivity index (χ2v) is 6.22. The molecule has 1 aromatic carbocycles. The monoisotopic (exact) mass is 346 g/mol. The Hall–Kier alpha value is -0.850. The average molecular weight is 347 g/mol. The summed E-state index contributed by atoms with van der Waals surface area (Å²) in [6, 6.07) is 4.80. The Bertz CT molecular complexity index is 501. The minimum atomic E-state index is -1.28. The summed E-state index contributed by atoms with van der Waals surface area (Å²) >= 11 is 11.8. The third-order valence-corrected chi connectivity index (χ3v) is 4.13.